The molecule has 0 spiro atoms. The minimum Gasteiger partial charge on any atom is -0.544 e. The Kier molecular flexibility index (Phi) is 5.42. The van der Waals surface area contributed by atoms with Crippen LogP contribution >= 0.6 is 0 Å². The standard InChI is InChI=1S/C18H29BO5Si/c1-17(2,3)25(7,8)23-15-11-13(16(20)21-6)9-10-14(15)19-22-12-18(4,5)24-19/h9-11H,12H2,1-8H3. The number of hydrogen-bond donors (Lipinski definition) is 0. The van der Waals surface area contributed by atoms with Gasteiger partial charge in [0, 0.05) is 5.46 Å². The van der Waals surface area contributed by atoms with Gasteiger partial charge in [-0.3, -0.25) is 0 Å². The van der Waals surface area contributed by atoms with E-state index in [1.165, 1.54) is 7.11 Å². The van der Waals surface area contributed by atoms with Crippen molar-refractivity contribution in [1.29, 1.82) is 0 Å². The van der Waals surface area contributed by atoms with E-state index < -0.39 is 15.4 Å². The number of rotatable bonds is 4. The van der Waals surface area contributed by atoms with E-state index in [0.29, 0.717) is 17.9 Å². The van der Waals surface area contributed by atoms with Crippen LogP contribution in [0.1, 0.15) is 45.0 Å². The van der Waals surface area contributed by atoms with E-state index in [9.17, 15) is 4.79 Å². The summed E-state index contributed by atoms with van der Waals surface area (Å²) in [5, 5.41) is 0.0300. The second-order valence-electron chi connectivity index (χ2n) is 8.63. The quantitative estimate of drug-likeness (QED) is 0.606. The van der Waals surface area contributed by atoms with Gasteiger partial charge in [-0.2, -0.15) is 0 Å². The third-order valence-electron chi connectivity index (χ3n) is 4.87. The second kappa shape index (κ2) is 6.78. The van der Waals surface area contributed by atoms with Gasteiger partial charge in [0.05, 0.1) is 24.9 Å². The first-order valence-electron chi connectivity index (χ1n) is 8.57. The number of methoxy groups -OCH3 is 1. The van der Waals surface area contributed by atoms with Crippen LogP contribution in [0.4, 0.5) is 0 Å². The highest BCUT2D eigenvalue weighted by Gasteiger charge is 2.43. The van der Waals surface area contributed by atoms with Crippen molar-refractivity contribution in [2.45, 2.75) is 58.4 Å². The van der Waals surface area contributed by atoms with Crippen LogP contribution in [-0.2, 0) is 14.0 Å². The normalized spacial score (nSPS) is 17.5. The molecule has 0 unspecified atom stereocenters. The Morgan fingerprint density at radius 2 is 1.92 bits per heavy atom. The molecule has 0 aromatic heterocycles. The largest absolute Gasteiger partial charge is 0.544 e. The number of ether oxygens (including phenoxy) is 1. The fraction of sp³-hybridized carbons (Fsp3) is 0.611. The van der Waals surface area contributed by atoms with Gasteiger partial charge in [0.15, 0.2) is 0 Å². The zero-order valence-corrected chi connectivity index (χ0v) is 17.6. The van der Waals surface area contributed by atoms with Crippen molar-refractivity contribution < 1.29 is 23.3 Å². The molecule has 1 heterocycles. The van der Waals surface area contributed by atoms with Crippen LogP contribution < -0.4 is 9.89 Å². The maximum Gasteiger partial charge on any atom is 0.498 e. The van der Waals surface area contributed by atoms with Crippen molar-refractivity contribution >= 4 is 26.9 Å². The molecule has 0 radical (unpaired) electrons. The highest BCUT2D eigenvalue weighted by Crippen LogP contribution is 2.37. The lowest BCUT2D eigenvalue weighted by Crippen LogP contribution is -2.46. The first kappa shape index (κ1) is 20.0. The predicted octanol–water partition coefficient (Wildman–Crippen LogP) is 3.38. The molecule has 0 amide bonds. The minimum absolute atomic E-state index is 0.0300. The number of esters is 1. The Hall–Kier alpha value is -1.31. The summed E-state index contributed by atoms with van der Waals surface area (Å²) in [7, 11) is -1.22. The van der Waals surface area contributed by atoms with Crippen LogP contribution in [0.15, 0.2) is 18.2 Å². The van der Waals surface area contributed by atoms with E-state index in [4.69, 9.17) is 18.5 Å². The van der Waals surface area contributed by atoms with Gasteiger partial charge in [-0.25, -0.2) is 4.79 Å². The van der Waals surface area contributed by atoms with E-state index in [-0.39, 0.29) is 16.6 Å². The second-order valence-corrected chi connectivity index (χ2v) is 13.4. The van der Waals surface area contributed by atoms with Crippen LogP contribution in [0.3, 0.4) is 0 Å². The van der Waals surface area contributed by atoms with Crippen LogP contribution in [0, 0.1) is 0 Å². The molecule has 0 atom stereocenters. The van der Waals surface area contributed by atoms with Gasteiger partial charge < -0.3 is 18.5 Å². The molecule has 0 bridgehead atoms. The maximum absolute atomic E-state index is 11.9. The molecule has 1 aromatic rings. The Bertz CT molecular complexity index is 651. The average Bonchev–Trinajstić information content (AvgIpc) is 2.84. The Morgan fingerprint density at radius 1 is 1.28 bits per heavy atom. The number of hydrogen-bond acceptors (Lipinski definition) is 5. The van der Waals surface area contributed by atoms with Crippen molar-refractivity contribution in [3.63, 3.8) is 0 Å². The molecule has 0 aliphatic carbocycles. The summed E-state index contributed by atoms with van der Waals surface area (Å²) in [5.41, 5.74) is 0.917. The third-order valence-corrected chi connectivity index (χ3v) is 9.21. The molecule has 0 N–H and O–H groups in total. The van der Waals surface area contributed by atoms with E-state index in [1.54, 1.807) is 12.1 Å². The first-order chi connectivity index (χ1) is 11.4. The molecule has 7 heteroatoms. The Morgan fingerprint density at radius 3 is 2.40 bits per heavy atom. The summed E-state index contributed by atoms with van der Waals surface area (Å²) in [5.74, 6) is 0.248. The molecule has 25 heavy (non-hydrogen) atoms. The molecular formula is C18H29BO5Si. The van der Waals surface area contributed by atoms with E-state index in [2.05, 4.69) is 33.9 Å². The van der Waals surface area contributed by atoms with Crippen molar-refractivity contribution in [2.75, 3.05) is 13.7 Å². The maximum atomic E-state index is 11.9. The fourth-order valence-electron chi connectivity index (χ4n) is 2.28. The predicted molar refractivity (Wildman–Crippen MR) is 102 cm³/mol. The van der Waals surface area contributed by atoms with Crippen LogP contribution in [0.25, 0.3) is 0 Å². The first-order valence-corrected chi connectivity index (χ1v) is 11.5. The molecule has 2 rings (SSSR count). The van der Waals surface area contributed by atoms with Crippen molar-refractivity contribution in [1.82, 2.24) is 0 Å². The highest BCUT2D eigenvalue weighted by atomic mass is 28.4. The number of carbonyl (C=O) groups is 1. The van der Waals surface area contributed by atoms with Crippen LogP contribution in [0.5, 0.6) is 5.75 Å². The molecule has 1 aromatic carbocycles. The minimum atomic E-state index is -2.09. The van der Waals surface area contributed by atoms with E-state index in [0.717, 1.165) is 5.46 Å². The van der Waals surface area contributed by atoms with Crippen LogP contribution in [-0.4, -0.2) is 40.7 Å². The molecule has 1 fully saturated rings. The van der Waals surface area contributed by atoms with Crippen molar-refractivity contribution in [3.8, 4) is 5.75 Å². The summed E-state index contributed by atoms with van der Waals surface area (Å²) < 4.78 is 23.1. The molecule has 0 saturated carbocycles. The highest BCUT2D eigenvalue weighted by molar-refractivity contribution is 6.75. The molecular weight excluding hydrogens is 335 g/mol. The van der Waals surface area contributed by atoms with Gasteiger partial charge in [-0.15, -0.1) is 0 Å². The van der Waals surface area contributed by atoms with Gasteiger partial charge in [0.1, 0.15) is 5.75 Å². The molecule has 1 saturated heterocycles. The van der Waals surface area contributed by atoms with E-state index in [1.807, 2.05) is 19.9 Å². The molecule has 1 aliphatic heterocycles. The summed E-state index contributed by atoms with van der Waals surface area (Å²) in [4.78, 5) is 11.9. The van der Waals surface area contributed by atoms with Gasteiger partial charge in [-0.05, 0) is 44.1 Å². The topological polar surface area (TPSA) is 54.0 Å². The van der Waals surface area contributed by atoms with Crippen molar-refractivity contribution in [3.05, 3.63) is 23.8 Å². The average molecular weight is 364 g/mol. The lowest BCUT2D eigenvalue weighted by Gasteiger charge is -2.37. The third kappa shape index (κ3) is 4.46. The Balaban J connectivity index is 2.44. The lowest BCUT2D eigenvalue weighted by molar-refractivity contribution is 0.0600. The van der Waals surface area contributed by atoms with E-state index >= 15 is 0 Å². The van der Waals surface area contributed by atoms with Gasteiger partial charge in [-0.1, -0.05) is 26.8 Å². The summed E-state index contributed by atoms with van der Waals surface area (Å²) in [6.07, 6.45) is 0. The SMILES string of the molecule is COC(=O)c1ccc(B2OCC(C)(C)O2)c(O[Si](C)(C)C(C)(C)C)c1. The lowest BCUT2D eigenvalue weighted by atomic mass is 9.78. The van der Waals surface area contributed by atoms with Gasteiger partial charge in [0.25, 0.3) is 0 Å². The zero-order chi connectivity index (χ0) is 19.0. The summed E-state index contributed by atoms with van der Waals surface area (Å²) in [6.45, 7) is 15.4. The zero-order valence-electron chi connectivity index (χ0n) is 16.6. The number of carbonyl (C=O) groups excluding carboxylic acids is 1. The fourth-order valence-corrected chi connectivity index (χ4v) is 3.31. The molecule has 1 aliphatic rings. The van der Waals surface area contributed by atoms with Crippen molar-refractivity contribution in [2.24, 2.45) is 0 Å². The molecule has 5 nitrogen and oxygen atoms in total. The molecule has 138 valence electrons. The summed E-state index contributed by atoms with van der Waals surface area (Å²) in [6, 6.07) is 5.29. The van der Waals surface area contributed by atoms with Gasteiger partial charge in [0.2, 0.25) is 8.32 Å². The Labute approximate surface area is 152 Å². The number of benzene rings is 1. The van der Waals surface area contributed by atoms with Crippen LogP contribution in [0.2, 0.25) is 18.1 Å². The smallest absolute Gasteiger partial charge is 0.498 e. The summed E-state index contributed by atoms with van der Waals surface area (Å²) >= 11 is 0. The van der Waals surface area contributed by atoms with Gasteiger partial charge >= 0.3 is 13.1 Å². The monoisotopic (exact) mass is 364 g/mol.